The van der Waals surface area contributed by atoms with Crippen molar-refractivity contribution >= 4 is 46.0 Å². The molecular formula is C26H23N3OS2. The van der Waals surface area contributed by atoms with Gasteiger partial charge in [-0.15, -0.1) is 0 Å². The fourth-order valence-electron chi connectivity index (χ4n) is 3.85. The second-order valence-corrected chi connectivity index (χ2v) is 9.67. The van der Waals surface area contributed by atoms with E-state index < -0.39 is 0 Å². The van der Waals surface area contributed by atoms with E-state index >= 15 is 0 Å². The number of carbonyl (C=O) groups is 1. The zero-order valence-electron chi connectivity index (χ0n) is 18.0. The van der Waals surface area contributed by atoms with Gasteiger partial charge in [-0.2, -0.15) is 0 Å². The van der Waals surface area contributed by atoms with Gasteiger partial charge in [0.2, 0.25) is 0 Å². The van der Waals surface area contributed by atoms with Crippen LogP contribution in [0.15, 0.2) is 98.7 Å². The van der Waals surface area contributed by atoms with Crippen molar-refractivity contribution in [3.63, 3.8) is 0 Å². The number of fused-ring (bicyclic) bond motifs is 1. The Hall–Kier alpha value is -2.96. The van der Waals surface area contributed by atoms with Crippen molar-refractivity contribution in [3.05, 3.63) is 99.9 Å². The molecule has 3 aromatic rings. The highest BCUT2D eigenvalue weighted by Gasteiger charge is 2.39. The fraction of sp³-hybridized carbons (Fsp3) is 0.154. The monoisotopic (exact) mass is 457 g/mol. The lowest BCUT2D eigenvalue weighted by Gasteiger charge is -2.19. The summed E-state index contributed by atoms with van der Waals surface area (Å²) in [4.78, 5) is 24.6. The summed E-state index contributed by atoms with van der Waals surface area (Å²) in [5.74, 6) is 0.0130. The molecule has 0 saturated carbocycles. The Morgan fingerprint density at radius 2 is 1.66 bits per heavy atom. The Kier molecular flexibility index (Phi) is 5.81. The molecule has 0 aromatic heterocycles. The van der Waals surface area contributed by atoms with Crippen LogP contribution in [0.5, 0.6) is 0 Å². The zero-order chi connectivity index (χ0) is 22.1. The Bertz CT molecular complexity index is 1240. The maximum absolute atomic E-state index is 13.7. The number of rotatable bonds is 4. The molecule has 1 amide bonds. The molecule has 0 N–H and O–H groups in total. The molecular weight excluding hydrogens is 434 g/mol. The van der Waals surface area contributed by atoms with E-state index in [1.807, 2.05) is 65.6 Å². The minimum absolute atomic E-state index is 0.0130. The number of hydrogen-bond acceptors (Lipinski definition) is 5. The standard InChI is InChI=1S/C26H23N3OS2/c1-3-28-21-14-7-8-15-22(21)31-25(28)23-24(30)29(17-19-11-5-4-6-12-19)26(32-23)27-20-13-9-10-18(2)16-20/h4-16H,3,17H2,1-2H3/b25-23-,27-26?. The molecule has 32 heavy (non-hydrogen) atoms. The van der Waals surface area contributed by atoms with Gasteiger partial charge in [-0.25, -0.2) is 4.99 Å². The molecule has 0 unspecified atom stereocenters. The molecule has 4 nitrogen and oxygen atoms in total. The molecule has 1 saturated heterocycles. The third-order valence-corrected chi connectivity index (χ3v) is 7.77. The van der Waals surface area contributed by atoms with Gasteiger partial charge in [-0.3, -0.25) is 9.69 Å². The summed E-state index contributed by atoms with van der Waals surface area (Å²) in [6.07, 6.45) is 0. The predicted molar refractivity (Wildman–Crippen MR) is 135 cm³/mol. The number of benzene rings is 3. The lowest BCUT2D eigenvalue weighted by Crippen LogP contribution is -2.29. The minimum atomic E-state index is 0.0130. The van der Waals surface area contributed by atoms with E-state index in [-0.39, 0.29) is 5.91 Å². The Morgan fingerprint density at radius 3 is 2.44 bits per heavy atom. The van der Waals surface area contributed by atoms with E-state index in [1.165, 1.54) is 16.7 Å². The smallest absolute Gasteiger partial charge is 0.269 e. The number of aliphatic imine (C=N–C) groups is 1. The van der Waals surface area contributed by atoms with Gasteiger partial charge in [0.1, 0.15) is 9.93 Å². The molecule has 0 bridgehead atoms. The fourth-order valence-corrected chi connectivity index (χ4v) is 6.24. The van der Waals surface area contributed by atoms with Crippen molar-refractivity contribution in [2.45, 2.75) is 25.3 Å². The van der Waals surface area contributed by atoms with E-state index in [4.69, 9.17) is 4.99 Å². The maximum atomic E-state index is 13.7. The second kappa shape index (κ2) is 8.88. The normalized spacial score (nSPS) is 19.2. The van der Waals surface area contributed by atoms with Crippen LogP contribution < -0.4 is 4.90 Å². The summed E-state index contributed by atoms with van der Waals surface area (Å²) in [6, 6.07) is 26.5. The first-order chi connectivity index (χ1) is 15.6. The third-order valence-electron chi connectivity index (χ3n) is 5.39. The molecule has 0 radical (unpaired) electrons. The predicted octanol–water partition coefficient (Wildman–Crippen LogP) is 6.56. The highest BCUT2D eigenvalue weighted by Crippen LogP contribution is 2.50. The van der Waals surface area contributed by atoms with Crippen molar-refractivity contribution in [3.8, 4) is 0 Å². The number of para-hydroxylation sites is 1. The molecule has 3 aromatic carbocycles. The Morgan fingerprint density at radius 1 is 0.875 bits per heavy atom. The number of carbonyl (C=O) groups excluding carboxylic acids is 1. The molecule has 160 valence electrons. The average molecular weight is 458 g/mol. The number of hydrogen-bond donors (Lipinski definition) is 0. The van der Waals surface area contributed by atoms with Gasteiger partial charge < -0.3 is 4.90 Å². The van der Waals surface area contributed by atoms with Gasteiger partial charge in [0.25, 0.3) is 5.91 Å². The largest absolute Gasteiger partial charge is 0.334 e. The summed E-state index contributed by atoms with van der Waals surface area (Å²) in [6.45, 7) is 5.48. The molecule has 2 aliphatic heterocycles. The minimum Gasteiger partial charge on any atom is -0.334 e. The van der Waals surface area contributed by atoms with Crippen molar-refractivity contribution in [2.24, 2.45) is 4.99 Å². The van der Waals surface area contributed by atoms with Crippen LogP contribution >= 0.6 is 23.5 Å². The molecule has 2 aliphatic rings. The van der Waals surface area contributed by atoms with Gasteiger partial charge in [0.15, 0.2) is 5.17 Å². The number of amidine groups is 1. The molecule has 0 aliphatic carbocycles. The highest BCUT2D eigenvalue weighted by atomic mass is 32.2. The first kappa shape index (κ1) is 20.9. The van der Waals surface area contributed by atoms with E-state index in [2.05, 4.69) is 36.9 Å². The van der Waals surface area contributed by atoms with Crippen LogP contribution in [0, 0.1) is 6.92 Å². The van der Waals surface area contributed by atoms with Crippen molar-refractivity contribution < 1.29 is 4.79 Å². The molecule has 0 atom stereocenters. The highest BCUT2D eigenvalue weighted by molar-refractivity contribution is 8.19. The van der Waals surface area contributed by atoms with Crippen molar-refractivity contribution in [1.29, 1.82) is 0 Å². The SMILES string of the molecule is CCN1/C(=C2/SC(=Nc3cccc(C)c3)N(Cc3ccccc3)C2=O)Sc2ccccc21. The lowest BCUT2D eigenvalue weighted by atomic mass is 10.2. The number of thioether (sulfide) groups is 2. The number of aryl methyl sites for hydroxylation is 1. The topological polar surface area (TPSA) is 35.9 Å². The summed E-state index contributed by atoms with van der Waals surface area (Å²) < 4.78 is 0. The first-order valence-corrected chi connectivity index (χ1v) is 12.2. The van der Waals surface area contributed by atoms with Crippen LogP contribution in [-0.4, -0.2) is 22.5 Å². The van der Waals surface area contributed by atoms with Crippen LogP contribution in [0.3, 0.4) is 0 Å². The Balaban J connectivity index is 1.57. The van der Waals surface area contributed by atoms with Crippen molar-refractivity contribution in [2.75, 3.05) is 11.4 Å². The first-order valence-electron chi connectivity index (χ1n) is 10.6. The zero-order valence-corrected chi connectivity index (χ0v) is 19.6. The maximum Gasteiger partial charge on any atom is 0.269 e. The molecule has 2 heterocycles. The third kappa shape index (κ3) is 3.96. The van der Waals surface area contributed by atoms with E-state index in [1.54, 1.807) is 11.8 Å². The molecule has 6 heteroatoms. The lowest BCUT2D eigenvalue weighted by molar-refractivity contribution is -0.122. The van der Waals surface area contributed by atoms with Gasteiger partial charge in [-0.05, 0) is 61.0 Å². The van der Waals surface area contributed by atoms with Crippen LogP contribution in [0.4, 0.5) is 11.4 Å². The van der Waals surface area contributed by atoms with E-state index in [0.29, 0.717) is 6.54 Å². The summed E-state index contributed by atoms with van der Waals surface area (Å²) in [5, 5.41) is 1.72. The van der Waals surface area contributed by atoms with Gasteiger partial charge in [0, 0.05) is 11.4 Å². The summed E-state index contributed by atoms with van der Waals surface area (Å²) >= 11 is 3.15. The molecule has 1 fully saturated rings. The molecule has 5 rings (SSSR count). The van der Waals surface area contributed by atoms with Gasteiger partial charge in [0.05, 0.1) is 17.9 Å². The van der Waals surface area contributed by atoms with Crippen LogP contribution in [0.2, 0.25) is 0 Å². The Labute approximate surface area is 197 Å². The second-order valence-electron chi connectivity index (χ2n) is 7.66. The number of amides is 1. The van der Waals surface area contributed by atoms with Crippen LogP contribution in [0.25, 0.3) is 0 Å². The number of anilines is 1. The van der Waals surface area contributed by atoms with E-state index in [9.17, 15) is 4.79 Å². The average Bonchev–Trinajstić information content (AvgIpc) is 3.32. The van der Waals surface area contributed by atoms with Gasteiger partial charge >= 0.3 is 0 Å². The summed E-state index contributed by atoms with van der Waals surface area (Å²) in [7, 11) is 0. The van der Waals surface area contributed by atoms with Crippen LogP contribution in [-0.2, 0) is 11.3 Å². The van der Waals surface area contributed by atoms with Crippen LogP contribution in [0.1, 0.15) is 18.1 Å². The molecule has 0 spiro atoms. The summed E-state index contributed by atoms with van der Waals surface area (Å²) in [5.41, 5.74) is 4.25. The van der Waals surface area contributed by atoms with E-state index in [0.717, 1.165) is 44.1 Å². The van der Waals surface area contributed by atoms with Crippen molar-refractivity contribution in [1.82, 2.24) is 4.90 Å². The quantitative estimate of drug-likeness (QED) is 0.416. The van der Waals surface area contributed by atoms with Gasteiger partial charge in [-0.1, -0.05) is 66.4 Å². The number of nitrogens with zero attached hydrogens (tertiary/aromatic N) is 3.